The average molecular weight is 251 g/mol. The van der Waals surface area contributed by atoms with Crippen LogP contribution in [0.5, 0.6) is 0 Å². The van der Waals surface area contributed by atoms with Crippen molar-refractivity contribution in [1.82, 2.24) is 9.88 Å². The zero-order valence-corrected chi connectivity index (χ0v) is 10.0. The van der Waals surface area contributed by atoms with E-state index >= 15 is 0 Å². The molecule has 0 aliphatic carbocycles. The maximum absolute atomic E-state index is 11.7. The summed E-state index contributed by atoms with van der Waals surface area (Å²) in [6.45, 7) is 0.714. The number of hydrogen-bond acceptors (Lipinski definition) is 4. The number of halogens is 1. The Kier molecular flexibility index (Phi) is 3.16. The number of carbonyl (C=O) groups excluding carboxylic acids is 1. The first-order valence-corrected chi connectivity index (χ1v) is 5.57. The molecule has 6 heteroatoms. The molecule has 1 aliphatic heterocycles. The summed E-state index contributed by atoms with van der Waals surface area (Å²) in [5.41, 5.74) is 0.350. The normalized spacial score (nSPS) is 19.2. The van der Waals surface area contributed by atoms with Gasteiger partial charge in [-0.25, -0.2) is 4.98 Å². The second-order valence-corrected chi connectivity index (χ2v) is 4.26. The van der Waals surface area contributed by atoms with Crippen LogP contribution in [0.1, 0.15) is 12.0 Å². The molecular weight excluding hydrogens is 240 g/mol. The molecule has 0 bridgehead atoms. The molecule has 0 saturated carbocycles. The van der Waals surface area contributed by atoms with E-state index in [1.165, 1.54) is 12.3 Å². The van der Waals surface area contributed by atoms with Crippen molar-refractivity contribution in [2.45, 2.75) is 12.5 Å². The zero-order valence-electron chi connectivity index (χ0n) is 9.27. The smallest absolute Gasteiger partial charge is 0.244 e. The molecule has 0 radical (unpaired) electrons. The molecule has 1 aliphatic rings. The first kappa shape index (κ1) is 11.7. The van der Waals surface area contributed by atoms with Crippen molar-refractivity contribution in [3.8, 4) is 6.07 Å². The van der Waals surface area contributed by atoms with E-state index in [0.29, 0.717) is 24.3 Å². The molecule has 1 aromatic heterocycles. The van der Waals surface area contributed by atoms with Crippen molar-refractivity contribution < 1.29 is 4.79 Å². The third-order valence-corrected chi connectivity index (χ3v) is 3.13. The van der Waals surface area contributed by atoms with Crippen LogP contribution in [-0.4, -0.2) is 35.4 Å². The summed E-state index contributed by atoms with van der Waals surface area (Å²) in [6, 6.07) is 3.20. The van der Waals surface area contributed by atoms with E-state index in [4.69, 9.17) is 16.9 Å². The van der Waals surface area contributed by atoms with Crippen LogP contribution in [0.3, 0.4) is 0 Å². The highest BCUT2D eigenvalue weighted by Gasteiger charge is 2.29. The monoisotopic (exact) mass is 250 g/mol. The number of aromatic nitrogens is 1. The summed E-state index contributed by atoms with van der Waals surface area (Å²) in [6.07, 6.45) is 2.21. The molecule has 2 heterocycles. The summed E-state index contributed by atoms with van der Waals surface area (Å²) in [7, 11) is 1.75. The molecule has 1 aromatic rings. The van der Waals surface area contributed by atoms with Crippen LogP contribution >= 0.6 is 11.6 Å². The molecule has 88 valence electrons. The van der Waals surface area contributed by atoms with Crippen LogP contribution in [0, 0.1) is 11.3 Å². The Bertz CT molecular complexity index is 497. The minimum atomic E-state index is -0.307. The Balaban J connectivity index is 2.20. The Morgan fingerprint density at radius 1 is 1.71 bits per heavy atom. The fraction of sp³-hybridized carbons (Fsp3) is 0.364. The Morgan fingerprint density at radius 2 is 2.47 bits per heavy atom. The predicted molar refractivity (Wildman–Crippen MR) is 63.6 cm³/mol. The van der Waals surface area contributed by atoms with Crippen molar-refractivity contribution in [3.05, 3.63) is 22.8 Å². The van der Waals surface area contributed by atoms with Crippen molar-refractivity contribution in [1.29, 1.82) is 5.26 Å². The van der Waals surface area contributed by atoms with Gasteiger partial charge in [-0.05, 0) is 12.5 Å². The molecule has 1 N–H and O–H groups in total. The summed E-state index contributed by atoms with van der Waals surface area (Å²) in [5, 5.41) is 12.1. The number of likely N-dealkylation sites (tertiary alicyclic amines) is 1. The van der Waals surface area contributed by atoms with Gasteiger partial charge in [0.15, 0.2) is 0 Å². The Morgan fingerprint density at radius 3 is 3.06 bits per heavy atom. The van der Waals surface area contributed by atoms with Gasteiger partial charge >= 0.3 is 0 Å². The minimum Gasteiger partial charge on any atom is -0.357 e. The maximum atomic E-state index is 11.7. The number of carbonyl (C=O) groups is 1. The van der Waals surface area contributed by atoms with Crippen molar-refractivity contribution in [2.75, 3.05) is 18.9 Å². The fourth-order valence-corrected chi connectivity index (χ4v) is 1.96. The zero-order chi connectivity index (χ0) is 12.4. The first-order chi connectivity index (χ1) is 8.13. The number of pyridine rings is 1. The number of rotatable bonds is 2. The number of nitrogens with zero attached hydrogens (tertiary/aromatic N) is 3. The lowest BCUT2D eigenvalue weighted by Crippen LogP contribution is -2.31. The van der Waals surface area contributed by atoms with Gasteiger partial charge < -0.3 is 10.2 Å². The van der Waals surface area contributed by atoms with E-state index in [-0.39, 0.29) is 17.0 Å². The lowest BCUT2D eigenvalue weighted by molar-refractivity contribution is -0.127. The topological polar surface area (TPSA) is 69.0 Å². The molecule has 1 saturated heterocycles. The minimum absolute atomic E-state index is 0.0187. The summed E-state index contributed by atoms with van der Waals surface area (Å²) in [5.74, 6) is 0.407. The second-order valence-electron chi connectivity index (χ2n) is 3.88. The van der Waals surface area contributed by atoms with E-state index in [2.05, 4.69) is 10.3 Å². The third-order valence-electron chi connectivity index (χ3n) is 2.75. The van der Waals surface area contributed by atoms with Gasteiger partial charge in [-0.15, -0.1) is 0 Å². The summed E-state index contributed by atoms with van der Waals surface area (Å²) >= 11 is 6.00. The maximum Gasteiger partial charge on any atom is 0.244 e. The van der Waals surface area contributed by atoms with E-state index in [9.17, 15) is 4.79 Å². The predicted octanol–water partition coefficient (Wildman–Crippen LogP) is 1.25. The lowest BCUT2D eigenvalue weighted by Gasteiger charge is -2.13. The molecule has 1 amide bonds. The van der Waals surface area contributed by atoms with Gasteiger partial charge in [0, 0.05) is 19.8 Å². The third kappa shape index (κ3) is 2.17. The second kappa shape index (κ2) is 4.60. The highest BCUT2D eigenvalue weighted by Crippen LogP contribution is 2.25. The van der Waals surface area contributed by atoms with Crippen LogP contribution < -0.4 is 5.32 Å². The van der Waals surface area contributed by atoms with Gasteiger partial charge in [-0.1, -0.05) is 11.6 Å². The SMILES string of the molecule is CN1CCC(Nc2nccc(C#N)c2Cl)C1=O. The molecule has 1 atom stereocenters. The first-order valence-electron chi connectivity index (χ1n) is 5.19. The molecular formula is C11H11ClN4O. The van der Waals surface area contributed by atoms with Gasteiger partial charge in [0.05, 0.1) is 5.56 Å². The summed E-state index contributed by atoms with van der Waals surface area (Å²) < 4.78 is 0. The molecule has 17 heavy (non-hydrogen) atoms. The largest absolute Gasteiger partial charge is 0.357 e. The molecule has 5 nitrogen and oxygen atoms in total. The van der Waals surface area contributed by atoms with Gasteiger partial charge in [0.25, 0.3) is 0 Å². The van der Waals surface area contributed by atoms with Gasteiger partial charge in [-0.2, -0.15) is 5.26 Å². The van der Waals surface area contributed by atoms with Crippen LogP contribution in [0.4, 0.5) is 5.82 Å². The number of likely N-dealkylation sites (N-methyl/N-ethyl adjacent to an activating group) is 1. The number of anilines is 1. The van der Waals surface area contributed by atoms with E-state index in [0.717, 1.165) is 0 Å². The number of nitriles is 1. The molecule has 1 unspecified atom stereocenters. The van der Waals surface area contributed by atoms with E-state index < -0.39 is 0 Å². The van der Waals surface area contributed by atoms with Crippen molar-refractivity contribution in [3.63, 3.8) is 0 Å². The highest BCUT2D eigenvalue weighted by molar-refractivity contribution is 6.34. The van der Waals surface area contributed by atoms with Crippen LogP contribution in [0.2, 0.25) is 5.02 Å². The quantitative estimate of drug-likeness (QED) is 0.858. The van der Waals surface area contributed by atoms with Crippen LogP contribution in [0.25, 0.3) is 0 Å². The van der Waals surface area contributed by atoms with E-state index in [1.54, 1.807) is 11.9 Å². The number of hydrogen-bond donors (Lipinski definition) is 1. The molecule has 0 spiro atoms. The number of amides is 1. The summed E-state index contributed by atoms with van der Waals surface area (Å²) in [4.78, 5) is 17.4. The average Bonchev–Trinajstić information content (AvgIpc) is 2.64. The van der Waals surface area contributed by atoms with Crippen molar-refractivity contribution in [2.24, 2.45) is 0 Å². The fourth-order valence-electron chi connectivity index (χ4n) is 1.75. The molecule has 1 fully saturated rings. The number of nitrogens with one attached hydrogen (secondary N) is 1. The van der Waals surface area contributed by atoms with Gasteiger partial charge in [-0.3, -0.25) is 4.79 Å². The van der Waals surface area contributed by atoms with Crippen LogP contribution in [0.15, 0.2) is 12.3 Å². The van der Waals surface area contributed by atoms with Crippen molar-refractivity contribution >= 4 is 23.3 Å². The standard InChI is InChI=1S/C11H11ClN4O/c1-16-5-3-8(11(16)17)15-10-9(12)7(6-13)2-4-14-10/h2,4,8H,3,5H2,1H3,(H,14,15). The Labute approximate surface area is 104 Å². The molecule has 2 rings (SSSR count). The van der Waals surface area contributed by atoms with Gasteiger partial charge in [0.2, 0.25) is 5.91 Å². The van der Waals surface area contributed by atoms with Crippen LogP contribution in [-0.2, 0) is 4.79 Å². The highest BCUT2D eigenvalue weighted by atomic mass is 35.5. The lowest BCUT2D eigenvalue weighted by atomic mass is 10.2. The van der Waals surface area contributed by atoms with E-state index in [1.807, 2.05) is 6.07 Å². The van der Waals surface area contributed by atoms with Gasteiger partial charge in [0.1, 0.15) is 23.0 Å². The molecule has 0 aromatic carbocycles. The Hall–Kier alpha value is -1.80.